The van der Waals surface area contributed by atoms with Crippen molar-refractivity contribution >= 4 is 52.0 Å². The monoisotopic (exact) mass is 364 g/mol. The van der Waals surface area contributed by atoms with Crippen molar-refractivity contribution in [2.24, 2.45) is 0 Å². The molecule has 0 radical (unpaired) electrons. The zero-order valence-electron chi connectivity index (χ0n) is 12.4. The molecule has 0 spiro atoms. The first-order chi connectivity index (χ1) is 11.5. The van der Waals surface area contributed by atoms with Crippen LogP contribution in [0.3, 0.4) is 0 Å². The van der Waals surface area contributed by atoms with Gasteiger partial charge in [0.15, 0.2) is 0 Å². The third-order valence-electron chi connectivity index (χ3n) is 3.55. The third kappa shape index (κ3) is 3.04. The van der Waals surface area contributed by atoms with Gasteiger partial charge in [0.1, 0.15) is 4.32 Å². The van der Waals surface area contributed by atoms with Gasteiger partial charge in [-0.25, -0.2) is 4.79 Å². The van der Waals surface area contributed by atoms with Crippen LogP contribution in [0.25, 0.3) is 0 Å². The largest absolute Gasteiger partial charge is 0.333 e. The van der Waals surface area contributed by atoms with Crippen molar-refractivity contribution in [2.45, 2.75) is 12.8 Å². The Hall–Kier alpha value is -2.26. The smallest absolute Gasteiger partial charge is 0.330 e. The Bertz CT molecular complexity index is 713. The molecular weight excluding hydrogens is 352 g/mol. The molecule has 0 aliphatic carbocycles. The van der Waals surface area contributed by atoms with E-state index in [9.17, 15) is 19.2 Å². The number of rotatable bonds is 5. The van der Waals surface area contributed by atoms with Crippen LogP contribution < -0.4 is 0 Å². The summed E-state index contributed by atoms with van der Waals surface area (Å²) >= 11 is 6.32. The lowest BCUT2D eigenvalue weighted by atomic mass is 10.1. The number of amides is 3. The lowest BCUT2D eigenvalue weighted by molar-refractivity contribution is -0.168. The van der Waals surface area contributed by atoms with Gasteiger partial charge in [0, 0.05) is 13.0 Å². The maximum absolute atomic E-state index is 12.1. The summed E-state index contributed by atoms with van der Waals surface area (Å²) in [5.74, 6) is -1.79. The van der Waals surface area contributed by atoms with Gasteiger partial charge in [-0.1, -0.05) is 41.2 Å². The molecule has 2 aliphatic rings. The van der Waals surface area contributed by atoms with E-state index in [1.165, 1.54) is 28.8 Å². The minimum absolute atomic E-state index is 0.0372. The summed E-state index contributed by atoms with van der Waals surface area (Å²) < 4.78 is 0.494. The predicted molar refractivity (Wildman–Crippen MR) is 89.0 cm³/mol. The van der Waals surface area contributed by atoms with Crippen LogP contribution in [0, 0.1) is 0 Å². The molecule has 1 saturated heterocycles. The highest BCUT2D eigenvalue weighted by Crippen LogP contribution is 2.23. The molecule has 3 rings (SSSR count). The number of hydroxylamine groups is 2. The van der Waals surface area contributed by atoms with Crippen molar-refractivity contribution in [3.05, 3.63) is 35.4 Å². The van der Waals surface area contributed by atoms with E-state index in [0.717, 1.165) is 0 Å². The van der Waals surface area contributed by atoms with Crippen molar-refractivity contribution in [2.75, 3.05) is 12.3 Å². The van der Waals surface area contributed by atoms with Crippen LogP contribution in [0.15, 0.2) is 24.3 Å². The van der Waals surface area contributed by atoms with Crippen molar-refractivity contribution in [1.82, 2.24) is 9.96 Å². The first-order valence-corrected chi connectivity index (χ1v) is 8.54. The Morgan fingerprint density at radius 3 is 2.33 bits per heavy atom. The summed E-state index contributed by atoms with van der Waals surface area (Å²) in [7, 11) is 0. The lowest BCUT2D eigenvalue weighted by Crippen LogP contribution is -2.33. The number of hydrogen-bond acceptors (Lipinski definition) is 7. The van der Waals surface area contributed by atoms with Crippen molar-refractivity contribution in [3.8, 4) is 0 Å². The second-order valence-corrected chi connectivity index (χ2v) is 6.73. The number of nitrogens with zero attached hydrogens (tertiary/aromatic N) is 2. The molecule has 0 N–H and O–H groups in total. The SMILES string of the molecule is O=C(CCCN1C(=O)CSC1=S)ON1C(=O)c2ccccc2C1=O. The number of hydrogen-bond donors (Lipinski definition) is 0. The molecule has 0 aromatic heterocycles. The van der Waals surface area contributed by atoms with Gasteiger partial charge in [-0.05, 0) is 18.6 Å². The van der Waals surface area contributed by atoms with Crippen LogP contribution in [-0.2, 0) is 14.4 Å². The Balaban J connectivity index is 1.53. The molecular formula is C15H12N2O5S2. The zero-order valence-corrected chi connectivity index (χ0v) is 14.0. The minimum atomic E-state index is -0.713. The maximum atomic E-state index is 12.1. The molecule has 0 bridgehead atoms. The topological polar surface area (TPSA) is 84.0 Å². The molecule has 0 saturated carbocycles. The summed E-state index contributed by atoms with van der Waals surface area (Å²) in [4.78, 5) is 53.9. The number of benzene rings is 1. The molecule has 0 atom stereocenters. The molecule has 7 nitrogen and oxygen atoms in total. The van der Waals surface area contributed by atoms with Crippen LogP contribution in [0.1, 0.15) is 33.6 Å². The highest BCUT2D eigenvalue weighted by atomic mass is 32.2. The Labute approximate surface area is 146 Å². The maximum Gasteiger partial charge on any atom is 0.333 e. The normalized spacial score (nSPS) is 16.8. The Morgan fingerprint density at radius 1 is 1.17 bits per heavy atom. The van der Waals surface area contributed by atoms with E-state index in [0.29, 0.717) is 28.1 Å². The average Bonchev–Trinajstić information content (AvgIpc) is 3.01. The van der Waals surface area contributed by atoms with Gasteiger partial charge in [0.2, 0.25) is 5.91 Å². The Kier molecular flexibility index (Phi) is 4.63. The quantitative estimate of drug-likeness (QED) is 0.576. The van der Waals surface area contributed by atoms with E-state index in [4.69, 9.17) is 17.1 Å². The number of imide groups is 1. The summed E-state index contributed by atoms with van der Waals surface area (Å²) in [5, 5.41) is 0.481. The van der Waals surface area contributed by atoms with Crippen LogP contribution in [-0.4, -0.2) is 50.3 Å². The number of thiocarbonyl (C=S) groups is 1. The fourth-order valence-corrected chi connectivity index (χ4v) is 3.50. The van der Waals surface area contributed by atoms with Crippen molar-refractivity contribution in [3.63, 3.8) is 0 Å². The molecule has 0 unspecified atom stereocenters. The van der Waals surface area contributed by atoms with E-state index < -0.39 is 17.8 Å². The zero-order chi connectivity index (χ0) is 17.3. The Morgan fingerprint density at radius 2 is 1.79 bits per heavy atom. The fourth-order valence-electron chi connectivity index (χ4n) is 2.38. The van der Waals surface area contributed by atoms with E-state index in [1.807, 2.05) is 0 Å². The van der Waals surface area contributed by atoms with Crippen molar-refractivity contribution in [1.29, 1.82) is 0 Å². The van der Waals surface area contributed by atoms with Gasteiger partial charge in [-0.3, -0.25) is 19.3 Å². The molecule has 2 aliphatic heterocycles. The second kappa shape index (κ2) is 6.70. The first kappa shape index (κ1) is 16.6. The summed E-state index contributed by atoms with van der Waals surface area (Å²) in [6.45, 7) is 0.307. The third-order valence-corrected chi connectivity index (χ3v) is 4.99. The standard InChI is InChI=1S/C15H12N2O5S2/c18-11-8-24-15(23)16(11)7-3-6-12(19)22-17-13(20)9-4-1-2-5-10(9)14(17)21/h1-2,4-5H,3,6-8H2. The molecule has 2 heterocycles. The van der Waals surface area contributed by atoms with Gasteiger partial charge < -0.3 is 4.84 Å². The number of thioether (sulfide) groups is 1. The molecule has 1 aromatic carbocycles. The van der Waals surface area contributed by atoms with Crippen LogP contribution >= 0.6 is 24.0 Å². The van der Waals surface area contributed by atoms with Crippen molar-refractivity contribution < 1.29 is 24.0 Å². The van der Waals surface area contributed by atoms with Gasteiger partial charge in [-0.2, -0.15) is 0 Å². The minimum Gasteiger partial charge on any atom is -0.330 e. The molecule has 1 aromatic rings. The summed E-state index contributed by atoms with van der Waals surface area (Å²) in [5.41, 5.74) is 0.417. The van der Waals surface area contributed by atoms with E-state index in [1.54, 1.807) is 12.1 Å². The molecule has 1 fully saturated rings. The average molecular weight is 364 g/mol. The van der Waals surface area contributed by atoms with Crippen LogP contribution in [0.2, 0.25) is 0 Å². The number of fused-ring (bicyclic) bond motifs is 1. The molecule has 124 valence electrons. The van der Waals surface area contributed by atoms with Crippen LogP contribution in [0.5, 0.6) is 0 Å². The molecule has 9 heteroatoms. The van der Waals surface area contributed by atoms with Gasteiger partial charge in [0.05, 0.1) is 16.9 Å². The van der Waals surface area contributed by atoms with E-state index in [2.05, 4.69) is 0 Å². The van der Waals surface area contributed by atoms with Gasteiger partial charge in [-0.15, -0.1) is 0 Å². The number of carbonyl (C=O) groups excluding carboxylic acids is 4. The van der Waals surface area contributed by atoms with Gasteiger partial charge in [0.25, 0.3) is 11.8 Å². The fraction of sp³-hybridized carbons (Fsp3) is 0.267. The van der Waals surface area contributed by atoms with E-state index in [-0.39, 0.29) is 23.5 Å². The number of carbonyl (C=O) groups is 4. The highest BCUT2D eigenvalue weighted by molar-refractivity contribution is 8.23. The second-order valence-electron chi connectivity index (χ2n) is 5.12. The lowest BCUT2D eigenvalue weighted by Gasteiger charge is -2.15. The first-order valence-electron chi connectivity index (χ1n) is 7.15. The predicted octanol–water partition coefficient (Wildman–Crippen LogP) is 1.38. The summed E-state index contributed by atoms with van der Waals surface area (Å²) in [6, 6.07) is 6.26. The summed E-state index contributed by atoms with van der Waals surface area (Å²) in [6.07, 6.45) is 0.291. The molecule has 24 heavy (non-hydrogen) atoms. The van der Waals surface area contributed by atoms with E-state index >= 15 is 0 Å². The molecule has 3 amide bonds. The van der Waals surface area contributed by atoms with Gasteiger partial charge >= 0.3 is 5.97 Å². The van der Waals surface area contributed by atoms with Crippen LogP contribution in [0.4, 0.5) is 0 Å². The highest BCUT2D eigenvalue weighted by Gasteiger charge is 2.38.